The Kier molecular flexibility index (Phi) is 25.3. The van der Waals surface area contributed by atoms with Crippen molar-refractivity contribution < 1.29 is 32.5 Å². The summed E-state index contributed by atoms with van der Waals surface area (Å²) in [6.07, 6.45) is 23.0. The highest BCUT2D eigenvalue weighted by molar-refractivity contribution is 7.45. The number of quaternary nitrogens is 1. The van der Waals surface area contributed by atoms with Crippen molar-refractivity contribution in [3.8, 4) is 0 Å². The van der Waals surface area contributed by atoms with Crippen LogP contribution < -0.4 is 10.2 Å². The number of hydrogen-bond donors (Lipinski definition) is 1. The van der Waals surface area contributed by atoms with Crippen LogP contribution in [0.2, 0.25) is 0 Å². The van der Waals surface area contributed by atoms with Gasteiger partial charge >= 0.3 is 6.03 Å². The first kappa shape index (κ1) is 40.3. The quantitative estimate of drug-likeness (QED) is 0.0565. The molecule has 0 saturated carbocycles. The zero-order chi connectivity index (χ0) is 30.8. The Balaban J connectivity index is 3.92. The number of urea groups is 1. The summed E-state index contributed by atoms with van der Waals surface area (Å²) in [5.74, 6) is 0. The number of hydrogen-bond acceptors (Lipinski definition) is 6. The molecule has 0 spiro atoms. The fourth-order valence-electron chi connectivity index (χ4n) is 4.66. The molecule has 0 aliphatic carbocycles. The van der Waals surface area contributed by atoms with Crippen LogP contribution in [0.15, 0.2) is 0 Å². The Labute approximate surface area is 253 Å². The SMILES string of the molecule is CCCCCCCCCCCCCCCCCCCCOCC(CN(C)C(=O)NC)OP(=O)([O-])OCC[N+](C)(C)C. The summed E-state index contributed by atoms with van der Waals surface area (Å²) in [6.45, 7) is 3.51. The Bertz CT molecular complexity index is 662. The van der Waals surface area contributed by atoms with E-state index in [-0.39, 0.29) is 25.8 Å². The Morgan fingerprint density at radius 1 is 0.805 bits per heavy atom. The van der Waals surface area contributed by atoms with Crippen LogP contribution in [0.1, 0.15) is 122 Å². The molecule has 1 N–H and O–H groups in total. The van der Waals surface area contributed by atoms with Crippen molar-refractivity contribution in [2.75, 3.05) is 68.1 Å². The first-order chi connectivity index (χ1) is 19.5. The molecular weight excluding hydrogens is 541 g/mol. The van der Waals surface area contributed by atoms with Crippen LogP contribution in [-0.2, 0) is 18.3 Å². The van der Waals surface area contributed by atoms with Crippen LogP contribution in [0.4, 0.5) is 4.79 Å². The molecule has 10 heteroatoms. The smallest absolute Gasteiger partial charge is 0.316 e. The van der Waals surface area contributed by atoms with Crippen LogP contribution >= 0.6 is 7.82 Å². The zero-order valence-electron chi connectivity index (χ0n) is 27.6. The van der Waals surface area contributed by atoms with E-state index >= 15 is 0 Å². The molecule has 0 fully saturated rings. The molecule has 246 valence electrons. The van der Waals surface area contributed by atoms with Gasteiger partial charge in [-0.1, -0.05) is 116 Å². The van der Waals surface area contributed by atoms with E-state index in [9.17, 15) is 14.3 Å². The number of nitrogens with one attached hydrogen (secondary N) is 1. The maximum absolute atomic E-state index is 12.4. The third-order valence-electron chi connectivity index (χ3n) is 7.27. The van der Waals surface area contributed by atoms with Gasteiger partial charge in [-0.15, -0.1) is 0 Å². The summed E-state index contributed by atoms with van der Waals surface area (Å²) in [6, 6.07) is -0.325. The number of amides is 2. The molecule has 9 nitrogen and oxygen atoms in total. The van der Waals surface area contributed by atoms with Crippen LogP contribution in [0.3, 0.4) is 0 Å². The van der Waals surface area contributed by atoms with E-state index in [1.807, 2.05) is 21.1 Å². The summed E-state index contributed by atoms with van der Waals surface area (Å²) in [7, 11) is 4.44. The maximum atomic E-state index is 12.4. The minimum Gasteiger partial charge on any atom is -0.756 e. The highest BCUT2D eigenvalue weighted by atomic mass is 31.2. The minimum absolute atomic E-state index is 0.0302. The number of phosphoric acid groups is 1. The van der Waals surface area contributed by atoms with Crippen molar-refractivity contribution in [3.05, 3.63) is 0 Å². The van der Waals surface area contributed by atoms with E-state index in [0.29, 0.717) is 17.6 Å². The summed E-state index contributed by atoms with van der Waals surface area (Å²) >= 11 is 0. The lowest BCUT2D eigenvalue weighted by molar-refractivity contribution is -0.870. The predicted octanol–water partition coefficient (Wildman–Crippen LogP) is 6.89. The van der Waals surface area contributed by atoms with Crippen molar-refractivity contribution in [3.63, 3.8) is 0 Å². The van der Waals surface area contributed by atoms with Crippen LogP contribution in [0, 0.1) is 0 Å². The normalized spacial score (nSPS) is 14.1. The molecule has 0 rings (SSSR count). The van der Waals surface area contributed by atoms with Crippen molar-refractivity contribution in [1.29, 1.82) is 0 Å². The number of likely N-dealkylation sites (N-methyl/N-ethyl adjacent to an activating group) is 2. The predicted molar refractivity (Wildman–Crippen MR) is 168 cm³/mol. The number of rotatable bonds is 29. The van der Waals surface area contributed by atoms with Crippen LogP contribution in [-0.4, -0.2) is 89.7 Å². The summed E-state index contributed by atoms with van der Waals surface area (Å²) < 4.78 is 29.0. The second-order valence-corrected chi connectivity index (χ2v) is 13.9. The molecule has 0 aliphatic rings. The molecule has 41 heavy (non-hydrogen) atoms. The van der Waals surface area contributed by atoms with E-state index in [4.69, 9.17) is 13.8 Å². The molecule has 2 unspecified atom stereocenters. The first-order valence-electron chi connectivity index (χ1n) is 16.5. The summed E-state index contributed by atoms with van der Waals surface area (Å²) in [5, 5.41) is 2.52. The lowest BCUT2D eigenvalue weighted by Gasteiger charge is -2.31. The van der Waals surface area contributed by atoms with Gasteiger partial charge in [0.1, 0.15) is 19.3 Å². The van der Waals surface area contributed by atoms with E-state index in [1.165, 1.54) is 115 Å². The van der Waals surface area contributed by atoms with Gasteiger partial charge in [-0.2, -0.15) is 0 Å². The molecule has 0 radical (unpaired) electrons. The van der Waals surface area contributed by atoms with Gasteiger partial charge in [-0.05, 0) is 6.42 Å². The Hall–Kier alpha value is -0.700. The van der Waals surface area contributed by atoms with E-state index in [2.05, 4.69) is 12.2 Å². The molecule has 0 heterocycles. The third-order valence-corrected chi connectivity index (χ3v) is 8.33. The number of phosphoric ester groups is 1. The number of ether oxygens (including phenoxy) is 1. The van der Waals surface area contributed by atoms with Crippen LogP contribution in [0.5, 0.6) is 0 Å². The molecule has 2 amide bonds. The lowest BCUT2D eigenvalue weighted by Crippen LogP contribution is -2.42. The highest BCUT2D eigenvalue weighted by Crippen LogP contribution is 2.40. The number of nitrogens with zero attached hydrogens (tertiary/aromatic N) is 2. The zero-order valence-corrected chi connectivity index (χ0v) is 28.5. The van der Waals surface area contributed by atoms with Crippen molar-refractivity contribution in [1.82, 2.24) is 10.2 Å². The molecule has 0 aliphatic heterocycles. The van der Waals surface area contributed by atoms with Crippen LogP contribution in [0.25, 0.3) is 0 Å². The molecule has 0 aromatic heterocycles. The second kappa shape index (κ2) is 25.8. The summed E-state index contributed by atoms with van der Waals surface area (Å²) in [5.41, 5.74) is 0. The highest BCUT2D eigenvalue weighted by Gasteiger charge is 2.23. The van der Waals surface area contributed by atoms with Gasteiger partial charge in [0, 0.05) is 20.7 Å². The fourth-order valence-corrected chi connectivity index (χ4v) is 5.51. The number of carbonyl (C=O) groups is 1. The topological polar surface area (TPSA) is 100 Å². The monoisotopic (exact) mass is 607 g/mol. The fraction of sp³-hybridized carbons (Fsp3) is 0.968. The van der Waals surface area contributed by atoms with E-state index in [0.717, 1.165) is 12.8 Å². The van der Waals surface area contributed by atoms with Crippen molar-refractivity contribution >= 4 is 13.9 Å². The molecule has 0 aromatic rings. The molecule has 0 saturated heterocycles. The Morgan fingerprint density at radius 2 is 1.24 bits per heavy atom. The van der Waals surface area contributed by atoms with Gasteiger partial charge in [-0.3, -0.25) is 4.57 Å². The molecular formula is C31H66N3O6P. The molecule has 2 atom stereocenters. The van der Waals surface area contributed by atoms with Gasteiger partial charge in [-0.25, -0.2) is 4.79 Å². The molecule has 0 aromatic carbocycles. The second-order valence-electron chi connectivity index (χ2n) is 12.5. The van der Waals surface area contributed by atoms with Crippen molar-refractivity contribution in [2.45, 2.75) is 129 Å². The standard InChI is InChI=1S/C31H66N3O6P/c1-7-8-9-10-11-12-13-14-15-16-17-18-19-20-21-22-23-24-26-38-29-30(28-33(3)31(35)32-2)40-41(36,37)39-27-25-34(4,5)6/h30H,7-29H2,1-6H3,(H-,32,35,36,37). The minimum atomic E-state index is -4.52. The number of carbonyl (C=O) groups excluding carboxylic acids is 1. The summed E-state index contributed by atoms with van der Waals surface area (Å²) in [4.78, 5) is 25.6. The third kappa shape index (κ3) is 27.9. The van der Waals surface area contributed by atoms with E-state index in [1.54, 1.807) is 7.05 Å². The van der Waals surface area contributed by atoms with Gasteiger partial charge < -0.3 is 33.4 Å². The van der Waals surface area contributed by atoms with Gasteiger partial charge in [0.2, 0.25) is 0 Å². The molecule has 0 bridgehead atoms. The van der Waals surface area contributed by atoms with Gasteiger partial charge in [0.05, 0.1) is 34.3 Å². The largest absolute Gasteiger partial charge is 0.756 e. The average molecular weight is 608 g/mol. The lowest BCUT2D eigenvalue weighted by atomic mass is 10.0. The van der Waals surface area contributed by atoms with Crippen molar-refractivity contribution in [2.24, 2.45) is 0 Å². The number of unbranched alkanes of at least 4 members (excludes halogenated alkanes) is 17. The first-order valence-corrected chi connectivity index (χ1v) is 17.9. The van der Waals surface area contributed by atoms with E-state index < -0.39 is 13.9 Å². The van der Waals surface area contributed by atoms with Gasteiger partial charge in [0.15, 0.2) is 0 Å². The Morgan fingerprint density at radius 3 is 1.66 bits per heavy atom. The van der Waals surface area contributed by atoms with Gasteiger partial charge in [0.25, 0.3) is 7.82 Å². The maximum Gasteiger partial charge on any atom is 0.316 e. The average Bonchev–Trinajstić information content (AvgIpc) is 2.90.